The number of aromatic amines is 1. The number of phenolic OH excluding ortho intramolecular Hbond substituents is 1. The Morgan fingerprint density at radius 2 is 2.35 bits per heavy atom. The van der Waals surface area contributed by atoms with Crippen LogP contribution in [0.5, 0.6) is 11.6 Å². The lowest BCUT2D eigenvalue weighted by Gasteiger charge is -2.24. The molecule has 0 amide bonds. The normalized spacial score (nSPS) is 16.7. The predicted molar refractivity (Wildman–Crippen MR) is 81.7 cm³/mol. The van der Waals surface area contributed by atoms with E-state index in [1.54, 1.807) is 12.1 Å². The molecule has 0 unspecified atom stereocenters. The number of nitriles is 1. The molecule has 1 aromatic carbocycles. The number of phenols is 1. The maximum atomic E-state index is 10.2. The van der Waals surface area contributed by atoms with Crippen molar-refractivity contribution in [2.24, 2.45) is 5.73 Å². The molecule has 0 fully saturated rings. The highest BCUT2D eigenvalue weighted by molar-refractivity contribution is 6.30. The van der Waals surface area contributed by atoms with Crippen LogP contribution in [0.4, 0.5) is 0 Å². The Labute approximate surface area is 136 Å². The van der Waals surface area contributed by atoms with E-state index in [2.05, 4.69) is 10.2 Å². The van der Waals surface area contributed by atoms with Gasteiger partial charge in [0.2, 0.25) is 11.8 Å². The molecule has 7 nitrogen and oxygen atoms in total. The molecular weight excluding hydrogens is 320 g/mol. The van der Waals surface area contributed by atoms with Crippen molar-refractivity contribution in [2.45, 2.75) is 12.5 Å². The molecule has 1 aliphatic heterocycles. The van der Waals surface area contributed by atoms with Gasteiger partial charge in [-0.3, -0.25) is 5.10 Å². The number of allylic oxidation sites excluding steroid dienone is 1. The van der Waals surface area contributed by atoms with E-state index < -0.39 is 5.92 Å². The molecule has 1 aromatic heterocycles. The number of nitrogens with two attached hydrogens (primary N) is 1. The average Bonchev–Trinajstić information content (AvgIpc) is 2.91. The van der Waals surface area contributed by atoms with Crippen molar-refractivity contribution in [2.75, 3.05) is 7.11 Å². The zero-order valence-corrected chi connectivity index (χ0v) is 12.9. The first kappa shape index (κ1) is 15.2. The SMILES string of the molecule is COCc1[nH]nc2c1[C@H](c1cc(Cl)ccc1O)C(C#N)=C(N)O2. The molecule has 118 valence electrons. The lowest BCUT2D eigenvalue weighted by atomic mass is 9.83. The minimum absolute atomic E-state index is 0.00244. The molecule has 0 saturated heterocycles. The fourth-order valence-corrected chi connectivity index (χ4v) is 2.81. The summed E-state index contributed by atoms with van der Waals surface area (Å²) in [6.45, 7) is 0.238. The number of fused-ring (bicyclic) bond motifs is 1. The standard InChI is InChI=1S/C15H13ClN4O3/c1-22-6-10-13-12(8-4-7(16)2-3-11(8)21)9(5-17)14(18)23-15(13)20-19-10/h2-4,12,21H,6,18H2,1H3,(H,19,20)/t12-/m1/s1. The molecule has 3 rings (SSSR count). The number of hydrogen-bond acceptors (Lipinski definition) is 6. The molecule has 0 saturated carbocycles. The Balaban J connectivity index is 2.26. The van der Waals surface area contributed by atoms with Crippen molar-refractivity contribution in [3.8, 4) is 17.7 Å². The number of ether oxygens (including phenoxy) is 2. The molecule has 0 radical (unpaired) electrons. The number of H-pyrrole nitrogens is 1. The first-order valence-corrected chi connectivity index (χ1v) is 7.06. The minimum Gasteiger partial charge on any atom is -0.508 e. The van der Waals surface area contributed by atoms with Gasteiger partial charge in [0.15, 0.2) is 0 Å². The number of hydrogen-bond donors (Lipinski definition) is 3. The monoisotopic (exact) mass is 332 g/mol. The Bertz CT molecular complexity index is 838. The van der Waals surface area contributed by atoms with E-state index in [4.69, 9.17) is 26.8 Å². The van der Waals surface area contributed by atoms with E-state index in [1.165, 1.54) is 13.2 Å². The summed E-state index contributed by atoms with van der Waals surface area (Å²) in [4.78, 5) is 0. The molecule has 1 aliphatic rings. The number of nitrogens with zero attached hydrogens (tertiary/aromatic N) is 2. The first-order valence-electron chi connectivity index (χ1n) is 6.68. The van der Waals surface area contributed by atoms with Crippen LogP contribution in [-0.2, 0) is 11.3 Å². The molecule has 4 N–H and O–H groups in total. The fraction of sp³-hybridized carbons (Fsp3) is 0.200. The number of methoxy groups -OCH3 is 1. The summed E-state index contributed by atoms with van der Waals surface area (Å²) in [5.41, 5.74) is 7.68. The maximum absolute atomic E-state index is 10.2. The maximum Gasteiger partial charge on any atom is 0.244 e. The van der Waals surface area contributed by atoms with Gasteiger partial charge < -0.3 is 20.3 Å². The Morgan fingerprint density at radius 1 is 1.57 bits per heavy atom. The van der Waals surface area contributed by atoms with Crippen LogP contribution in [0.3, 0.4) is 0 Å². The number of nitrogens with one attached hydrogen (secondary N) is 1. The Morgan fingerprint density at radius 3 is 3.04 bits per heavy atom. The third-order valence-corrected chi connectivity index (χ3v) is 3.84. The van der Waals surface area contributed by atoms with Gasteiger partial charge in [-0.15, -0.1) is 5.10 Å². The minimum atomic E-state index is -0.647. The second-order valence-electron chi connectivity index (χ2n) is 4.98. The van der Waals surface area contributed by atoms with Crippen molar-refractivity contribution in [3.05, 3.63) is 51.5 Å². The van der Waals surface area contributed by atoms with Crippen molar-refractivity contribution >= 4 is 11.6 Å². The van der Waals surface area contributed by atoms with Crippen LogP contribution in [0.2, 0.25) is 5.02 Å². The van der Waals surface area contributed by atoms with Gasteiger partial charge in [0.05, 0.1) is 23.8 Å². The lowest BCUT2D eigenvalue weighted by molar-refractivity contribution is 0.180. The van der Waals surface area contributed by atoms with Gasteiger partial charge in [0, 0.05) is 17.7 Å². The van der Waals surface area contributed by atoms with Crippen LogP contribution in [0.15, 0.2) is 29.7 Å². The number of rotatable bonds is 3. The Hall–Kier alpha value is -2.69. The third kappa shape index (κ3) is 2.48. The van der Waals surface area contributed by atoms with Crippen LogP contribution in [-0.4, -0.2) is 22.4 Å². The summed E-state index contributed by atoms with van der Waals surface area (Å²) in [7, 11) is 1.54. The van der Waals surface area contributed by atoms with Gasteiger partial charge in [0.1, 0.15) is 17.4 Å². The zero-order chi connectivity index (χ0) is 16.6. The van der Waals surface area contributed by atoms with Crippen LogP contribution in [0, 0.1) is 11.3 Å². The molecule has 23 heavy (non-hydrogen) atoms. The topological polar surface area (TPSA) is 117 Å². The summed E-state index contributed by atoms with van der Waals surface area (Å²) in [6.07, 6.45) is 0. The highest BCUT2D eigenvalue weighted by atomic mass is 35.5. The van der Waals surface area contributed by atoms with Crippen LogP contribution < -0.4 is 10.5 Å². The van der Waals surface area contributed by atoms with Gasteiger partial charge in [-0.2, -0.15) is 5.26 Å². The summed E-state index contributed by atoms with van der Waals surface area (Å²) in [6, 6.07) is 6.66. The second-order valence-corrected chi connectivity index (χ2v) is 5.42. The number of aromatic nitrogens is 2. The highest BCUT2D eigenvalue weighted by Gasteiger charge is 2.36. The van der Waals surface area contributed by atoms with Crippen LogP contribution in [0.25, 0.3) is 0 Å². The number of halogens is 1. The second kappa shape index (κ2) is 5.83. The van der Waals surface area contributed by atoms with Crippen molar-refractivity contribution in [1.29, 1.82) is 5.26 Å². The predicted octanol–water partition coefficient (Wildman–Crippen LogP) is 2.13. The van der Waals surface area contributed by atoms with Gasteiger partial charge in [-0.05, 0) is 18.2 Å². The van der Waals surface area contributed by atoms with E-state index in [9.17, 15) is 10.4 Å². The fourth-order valence-electron chi connectivity index (χ4n) is 2.63. The summed E-state index contributed by atoms with van der Waals surface area (Å²) in [5, 5.41) is 27.0. The van der Waals surface area contributed by atoms with Gasteiger partial charge in [0.25, 0.3) is 0 Å². The van der Waals surface area contributed by atoms with Crippen LogP contribution in [0.1, 0.15) is 22.7 Å². The van der Waals surface area contributed by atoms with E-state index >= 15 is 0 Å². The number of aromatic hydroxyl groups is 1. The van der Waals surface area contributed by atoms with Gasteiger partial charge in [-0.1, -0.05) is 11.6 Å². The van der Waals surface area contributed by atoms with E-state index in [0.717, 1.165) is 0 Å². The molecule has 2 aromatic rings. The average molecular weight is 333 g/mol. The molecule has 8 heteroatoms. The van der Waals surface area contributed by atoms with Crippen molar-refractivity contribution < 1.29 is 14.6 Å². The molecule has 2 heterocycles. The summed E-state index contributed by atoms with van der Waals surface area (Å²) in [5.74, 6) is -0.457. The largest absolute Gasteiger partial charge is 0.508 e. The third-order valence-electron chi connectivity index (χ3n) is 3.61. The zero-order valence-electron chi connectivity index (χ0n) is 12.1. The lowest BCUT2D eigenvalue weighted by Crippen LogP contribution is -2.21. The smallest absolute Gasteiger partial charge is 0.244 e. The Kier molecular flexibility index (Phi) is 3.86. The summed E-state index contributed by atoms with van der Waals surface area (Å²) < 4.78 is 10.5. The van der Waals surface area contributed by atoms with Crippen molar-refractivity contribution in [1.82, 2.24) is 10.2 Å². The summed E-state index contributed by atoms with van der Waals surface area (Å²) >= 11 is 6.04. The molecule has 0 aliphatic carbocycles. The van der Waals surface area contributed by atoms with E-state index in [0.29, 0.717) is 21.8 Å². The molecular formula is C15H13ClN4O3. The number of benzene rings is 1. The van der Waals surface area contributed by atoms with E-state index in [1.807, 2.05) is 6.07 Å². The van der Waals surface area contributed by atoms with Crippen LogP contribution >= 0.6 is 11.6 Å². The first-order chi connectivity index (χ1) is 11.1. The quantitative estimate of drug-likeness (QED) is 0.792. The molecule has 0 spiro atoms. The van der Waals surface area contributed by atoms with Gasteiger partial charge in [-0.25, -0.2) is 0 Å². The highest BCUT2D eigenvalue weighted by Crippen LogP contribution is 2.45. The molecule has 0 bridgehead atoms. The van der Waals surface area contributed by atoms with Gasteiger partial charge >= 0.3 is 0 Å². The molecule has 1 atom stereocenters. The van der Waals surface area contributed by atoms with Crippen molar-refractivity contribution in [3.63, 3.8) is 0 Å². The van der Waals surface area contributed by atoms with E-state index in [-0.39, 0.29) is 29.7 Å².